The fourth-order valence-corrected chi connectivity index (χ4v) is 3.37. The Bertz CT molecular complexity index is 616. The lowest BCUT2D eigenvalue weighted by atomic mass is 10.0. The normalized spacial score (nSPS) is 15.5. The molecule has 21 heavy (non-hydrogen) atoms. The summed E-state index contributed by atoms with van der Waals surface area (Å²) < 4.78 is 5.56. The average molecular weight is 306 g/mol. The van der Waals surface area contributed by atoms with Crippen molar-refractivity contribution in [2.45, 2.75) is 45.6 Å². The smallest absolute Gasteiger partial charge is 0.259 e. The van der Waals surface area contributed by atoms with Crippen LogP contribution >= 0.6 is 11.3 Å². The van der Waals surface area contributed by atoms with Gasteiger partial charge in [-0.25, -0.2) is 4.98 Å². The van der Waals surface area contributed by atoms with E-state index in [9.17, 15) is 4.79 Å². The second-order valence-corrected chi connectivity index (χ2v) is 6.25. The van der Waals surface area contributed by atoms with Gasteiger partial charge in [0.2, 0.25) is 11.8 Å². The fourth-order valence-electron chi connectivity index (χ4n) is 2.65. The second kappa shape index (κ2) is 6.34. The molecule has 1 fully saturated rings. The van der Waals surface area contributed by atoms with Crippen molar-refractivity contribution in [2.75, 3.05) is 0 Å². The Balaban J connectivity index is 1.53. The molecule has 0 aromatic carbocycles. The molecule has 0 spiro atoms. The topological polar surface area (TPSA) is 80.9 Å². The molecule has 2 heterocycles. The summed E-state index contributed by atoms with van der Waals surface area (Å²) in [6.45, 7) is 2.19. The molecule has 0 bridgehead atoms. The van der Waals surface area contributed by atoms with Gasteiger partial charge in [0, 0.05) is 6.42 Å². The molecule has 1 N–H and O–H groups in total. The molecular formula is C14H18N4O2S. The van der Waals surface area contributed by atoms with E-state index < -0.39 is 0 Å². The van der Waals surface area contributed by atoms with Crippen LogP contribution < -0.4 is 5.32 Å². The quantitative estimate of drug-likeness (QED) is 0.918. The number of carbonyl (C=O) groups excluding carboxylic acids is 1. The number of amides is 1. The van der Waals surface area contributed by atoms with Gasteiger partial charge in [-0.05, 0) is 25.7 Å². The third-order valence-electron chi connectivity index (χ3n) is 3.79. The maximum atomic E-state index is 11.9. The Morgan fingerprint density at radius 3 is 2.95 bits per heavy atom. The van der Waals surface area contributed by atoms with Crippen LogP contribution in [0, 0.1) is 12.8 Å². The van der Waals surface area contributed by atoms with Crippen molar-refractivity contribution in [2.24, 2.45) is 5.92 Å². The largest absolute Gasteiger partial charge is 0.418 e. The minimum atomic E-state index is 0.0654. The molecule has 2 aromatic rings. The Morgan fingerprint density at radius 1 is 1.43 bits per heavy atom. The zero-order chi connectivity index (χ0) is 14.7. The zero-order valence-corrected chi connectivity index (χ0v) is 12.8. The molecule has 0 radical (unpaired) electrons. The Hall–Kier alpha value is -1.76. The van der Waals surface area contributed by atoms with Gasteiger partial charge in [-0.1, -0.05) is 12.8 Å². The zero-order valence-electron chi connectivity index (χ0n) is 12.0. The molecule has 3 rings (SSSR count). The highest BCUT2D eigenvalue weighted by Crippen LogP contribution is 2.27. The number of hydrogen-bond acceptors (Lipinski definition) is 6. The second-order valence-electron chi connectivity index (χ2n) is 5.40. The molecule has 0 atom stereocenters. The van der Waals surface area contributed by atoms with E-state index in [2.05, 4.69) is 20.5 Å². The molecule has 1 aliphatic carbocycles. The Labute approximate surface area is 127 Å². The predicted molar refractivity (Wildman–Crippen MR) is 78.6 cm³/mol. The van der Waals surface area contributed by atoms with Crippen LogP contribution in [0.3, 0.4) is 0 Å². The van der Waals surface area contributed by atoms with E-state index in [-0.39, 0.29) is 12.5 Å². The summed E-state index contributed by atoms with van der Waals surface area (Å²) in [7, 11) is 0. The van der Waals surface area contributed by atoms with E-state index in [1.54, 1.807) is 5.51 Å². The van der Waals surface area contributed by atoms with Gasteiger partial charge in [0.05, 0.1) is 17.7 Å². The van der Waals surface area contributed by atoms with E-state index in [1.807, 2.05) is 6.92 Å². The highest BCUT2D eigenvalue weighted by Gasteiger charge is 2.19. The van der Waals surface area contributed by atoms with Crippen molar-refractivity contribution in [3.63, 3.8) is 0 Å². The molecule has 2 aromatic heterocycles. The van der Waals surface area contributed by atoms with Gasteiger partial charge in [0.1, 0.15) is 4.88 Å². The van der Waals surface area contributed by atoms with E-state index >= 15 is 0 Å². The first-order chi connectivity index (χ1) is 10.2. The van der Waals surface area contributed by atoms with Gasteiger partial charge < -0.3 is 9.73 Å². The van der Waals surface area contributed by atoms with Crippen molar-refractivity contribution in [1.29, 1.82) is 0 Å². The van der Waals surface area contributed by atoms with Gasteiger partial charge in [-0.15, -0.1) is 21.5 Å². The molecule has 1 aliphatic rings. The van der Waals surface area contributed by atoms with Gasteiger partial charge in [0.25, 0.3) is 5.89 Å². The number of thiazole rings is 1. The van der Waals surface area contributed by atoms with Crippen molar-refractivity contribution in [1.82, 2.24) is 20.5 Å². The standard InChI is InChI=1S/C14H18N4O2S/c1-9-13(21-8-16-9)14-18-17-12(20-14)7-15-11(19)6-10-4-2-3-5-10/h8,10H,2-7H2,1H3,(H,15,19). The van der Waals surface area contributed by atoms with Gasteiger partial charge >= 0.3 is 0 Å². The maximum absolute atomic E-state index is 11.9. The van der Waals surface area contributed by atoms with E-state index in [4.69, 9.17) is 4.42 Å². The van der Waals surface area contributed by atoms with Crippen molar-refractivity contribution in [3.05, 3.63) is 17.1 Å². The number of nitrogens with zero attached hydrogens (tertiary/aromatic N) is 3. The predicted octanol–water partition coefficient (Wildman–Crippen LogP) is 2.70. The average Bonchev–Trinajstić information content (AvgIpc) is 3.17. The van der Waals surface area contributed by atoms with Gasteiger partial charge in [0.15, 0.2) is 0 Å². The summed E-state index contributed by atoms with van der Waals surface area (Å²) >= 11 is 1.47. The van der Waals surface area contributed by atoms with E-state index in [0.29, 0.717) is 24.1 Å². The van der Waals surface area contributed by atoms with E-state index in [0.717, 1.165) is 10.6 Å². The molecule has 1 saturated carbocycles. The first kappa shape index (κ1) is 14.2. The summed E-state index contributed by atoms with van der Waals surface area (Å²) in [6, 6.07) is 0. The molecule has 6 nitrogen and oxygen atoms in total. The lowest BCUT2D eigenvalue weighted by Crippen LogP contribution is -2.24. The number of carbonyl (C=O) groups is 1. The van der Waals surface area contributed by atoms with Crippen LogP contribution in [-0.2, 0) is 11.3 Å². The van der Waals surface area contributed by atoms with Gasteiger partial charge in [-0.3, -0.25) is 4.79 Å². The lowest BCUT2D eigenvalue weighted by molar-refractivity contribution is -0.122. The van der Waals surface area contributed by atoms with Crippen molar-refractivity contribution in [3.8, 4) is 10.8 Å². The van der Waals surface area contributed by atoms with Crippen LogP contribution in [0.2, 0.25) is 0 Å². The Morgan fingerprint density at radius 2 is 2.24 bits per heavy atom. The third kappa shape index (κ3) is 3.47. The van der Waals surface area contributed by atoms with Crippen LogP contribution in [0.1, 0.15) is 43.7 Å². The Kier molecular flexibility index (Phi) is 4.28. The molecule has 7 heteroatoms. The van der Waals surface area contributed by atoms with Crippen LogP contribution in [0.5, 0.6) is 0 Å². The first-order valence-electron chi connectivity index (χ1n) is 7.22. The monoisotopic (exact) mass is 306 g/mol. The summed E-state index contributed by atoms with van der Waals surface area (Å²) in [5.41, 5.74) is 2.62. The molecule has 1 amide bonds. The number of hydrogen-bond donors (Lipinski definition) is 1. The van der Waals surface area contributed by atoms with Crippen LogP contribution in [-0.4, -0.2) is 21.1 Å². The number of nitrogens with one attached hydrogen (secondary N) is 1. The first-order valence-corrected chi connectivity index (χ1v) is 8.10. The molecular weight excluding hydrogens is 288 g/mol. The summed E-state index contributed by atoms with van der Waals surface area (Å²) in [4.78, 5) is 16.9. The third-order valence-corrected chi connectivity index (χ3v) is 4.71. The molecule has 112 valence electrons. The number of rotatable bonds is 5. The van der Waals surface area contributed by atoms with Crippen molar-refractivity contribution >= 4 is 17.2 Å². The van der Waals surface area contributed by atoms with E-state index in [1.165, 1.54) is 37.0 Å². The summed E-state index contributed by atoms with van der Waals surface area (Å²) in [5.74, 6) is 1.51. The maximum Gasteiger partial charge on any atom is 0.259 e. The van der Waals surface area contributed by atoms with Crippen LogP contribution in [0.25, 0.3) is 10.8 Å². The minimum Gasteiger partial charge on any atom is -0.418 e. The minimum absolute atomic E-state index is 0.0654. The molecule has 0 aliphatic heterocycles. The molecule has 0 unspecified atom stereocenters. The number of aromatic nitrogens is 3. The lowest BCUT2D eigenvalue weighted by Gasteiger charge is -2.07. The van der Waals surface area contributed by atoms with Gasteiger partial charge in [-0.2, -0.15) is 0 Å². The van der Waals surface area contributed by atoms with Crippen LogP contribution in [0.15, 0.2) is 9.93 Å². The summed E-state index contributed by atoms with van der Waals surface area (Å²) in [5, 5.41) is 10.8. The van der Waals surface area contributed by atoms with Crippen molar-refractivity contribution < 1.29 is 9.21 Å². The highest BCUT2D eigenvalue weighted by molar-refractivity contribution is 7.13. The fraction of sp³-hybridized carbons (Fsp3) is 0.571. The van der Waals surface area contributed by atoms with Crippen LogP contribution in [0.4, 0.5) is 0 Å². The highest BCUT2D eigenvalue weighted by atomic mass is 32.1. The number of aryl methyl sites for hydroxylation is 1. The SMILES string of the molecule is Cc1ncsc1-c1nnc(CNC(=O)CC2CCCC2)o1. The summed E-state index contributed by atoms with van der Waals surface area (Å²) in [6.07, 6.45) is 5.44. The molecule has 0 saturated heterocycles.